The Morgan fingerprint density at radius 3 is 2.69 bits per heavy atom. The molecule has 8 nitrogen and oxygen atoms in total. The number of carbonyl (C=O) groups excluding carboxylic acids is 1. The smallest absolute Gasteiger partial charge is 0.321 e. The molecule has 154 valence electrons. The van der Waals surface area contributed by atoms with Crippen LogP contribution in [0, 0.1) is 0 Å². The molecule has 0 aliphatic rings. The zero-order chi connectivity index (χ0) is 21.0. The van der Waals surface area contributed by atoms with Crippen LogP contribution in [0.15, 0.2) is 42.5 Å². The standard InChI is InChI=1S/C19H22N4O4S2/c1-4-29(25,26)22-14-10-9-13(11-16(14)27-3)20-19(24)23(2)12-18-21-15-7-5-6-8-17(15)28-18/h5-11,22H,4,12H2,1-3H3,(H,20,24). The monoisotopic (exact) mass is 434 g/mol. The maximum absolute atomic E-state index is 12.5. The fourth-order valence-electron chi connectivity index (χ4n) is 2.57. The largest absolute Gasteiger partial charge is 0.494 e. The minimum Gasteiger partial charge on any atom is -0.494 e. The Balaban J connectivity index is 1.69. The molecular formula is C19H22N4O4S2. The third kappa shape index (κ3) is 5.15. The first-order valence-corrected chi connectivity index (χ1v) is 11.3. The summed E-state index contributed by atoms with van der Waals surface area (Å²) < 4.78 is 32.3. The lowest BCUT2D eigenvalue weighted by Crippen LogP contribution is -2.30. The van der Waals surface area contributed by atoms with Crippen LogP contribution in [0.1, 0.15) is 11.9 Å². The first kappa shape index (κ1) is 20.9. The molecule has 10 heteroatoms. The highest BCUT2D eigenvalue weighted by atomic mass is 32.2. The van der Waals surface area contributed by atoms with Gasteiger partial charge >= 0.3 is 6.03 Å². The summed E-state index contributed by atoms with van der Waals surface area (Å²) in [6.45, 7) is 1.92. The number of amides is 2. The quantitative estimate of drug-likeness (QED) is 0.590. The molecule has 0 unspecified atom stereocenters. The molecule has 3 aromatic rings. The van der Waals surface area contributed by atoms with Gasteiger partial charge in [-0.05, 0) is 31.2 Å². The van der Waals surface area contributed by atoms with Crippen LogP contribution in [-0.4, -0.2) is 44.2 Å². The van der Waals surface area contributed by atoms with Crippen LogP contribution < -0.4 is 14.8 Å². The summed E-state index contributed by atoms with van der Waals surface area (Å²) in [6.07, 6.45) is 0. The summed E-state index contributed by atoms with van der Waals surface area (Å²) in [5, 5.41) is 3.62. The lowest BCUT2D eigenvalue weighted by atomic mass is 10.2. The van der Waals surface area contributed by atoms with E-state index in [9.17, 15) is 13.2 Å². The zero-order valence-corrected chi connectivity index (χ0v) is 17.9. The number of methoxy groups -OCH3 is 1. The summed E-state index contributed by atoms with van der Waals surface area (Å²) >= 11 is 1.55. The van der Waals surface area contributed by atoms with Gasteiger partial charge in [-0.15, -0.1) is 11.3 Å². The molecule has 0 radical (unpaired) electrons. The highest BCUT2D eigenvalue weighted by molar-refractivity contribution is 7.92. The maximum atomic E-state index is 12.5. The molecule has 2 amide bonds. The molecule has 0 spiro atoms. The Kier molecular flexibility index (Phi) is 6.23. The average molecular weight is 435 g/mol. The number of para-hydroxylation sites is 1. The molecule has 2 aromatic carbocycles. The minimum absolute atomic E-state index is 0.0504. The van der Waals surface area contributed by atoms with Gasteiger partial charge in [0.1, 0.15) is 10.8 Å². The molecule has 0 bridgehead atoms. The number of anilines is 2. The highest BCUT2D eigenvalue weighted by Gasteiger charge is 2.15. The molecule has 0 aliphatic carbocycles. The van der Waals surface area contributed by atoms with Gasteiger partial charge in [0, 0.05) is 18.8 Å². The van der Waals surface area contributed by atoms with E-state index in [-0.39, 0.29) is 11.8 Å². The number of nitrogens with one attached hydrogen (secondary N) is 2. The number of rotatable bonds is 7. The summed E-state index contributed by atoms with van der Waals surface area (Å²) in [7, 11) is -0.314. The molecule has 0 saturated heterocycles. The SMILES string of the molecule is CCS(=O)(=O)Nc1ccc(NC(=O)N(C)Cc2nc3ccccc3s2)cc1OC. The van der Waals surface area contributed by atoms with E-state index in [1.54, 1.807) is 43.5 Å². The molecule has 29 heavy (non-hydrogen) atoms. The van der Waals surface area contributed by atoms with E-state index in [1.807, 2.05) is 24.3 Å². The summed E-state index contributed by atoms with van der Waals surface area (Å²) in [6, 6.07) is 12.2. The van der Waals surface area contributed by atoms with Crippen LogP contribution in [0.2, 0.25) is 0 Å². The third-order valence-electron chi connectivity index (χ3n) is 4.16. The predicted octanol–water partition coefficient (Wildman–Crippen LogP) is 3.73. The number of benzene rings is 2. The molecule has 0 fully saturated rings. The average Bonchev–Trinajstić information content (AvgIpc) is 3.11. The second-order valence-corrected chi connectivity index (χ2v) is 9.41. The van der Waals surface area contributed by atoms with E-state index in [1.165, 1.54) is 12.0 Å². The van der Waals surface area contributed by atoms with E-state index in [0.717, 1.165) is 15.2 Å². The van der Waals surface area contributed by atoms with Gasteiger partial charge in [-0.1, -0.05) is 12.1 Å². The fraction of sp³-hybridized carbons (Fsp3) is 0.263. The molecule has 0 atom stereocenters. The second kappa shape index (κ2) is 8.66. The van der Waals surface area contributed by atoms with Gasteiger partial charge in [-0.25, -0.2) is 18.2 Å². The second-order valence-electron chi connectivity index (χ2n) is 6.28. The Morgan fingerprint density at radius 1 is 1.24 bits per heavy atom. The molecule has 3 rings (SSSR count). The number of ether oxygens (including phenoxy) is 1. The van der Waals surface area contributed by atoms with Crippen molar-refractivity contribution in [3.05, 3.63) is 47.5 Å². The summed E-state index contributed by atoms with van der Waals surface area (Å²) in [5.41, 5.74) is 1.72. The Morgan fingerprint density at radius 2 is 2.00 bits per heavy atom. The van der Waals surface area contributed by atoms with Crippen molar-refractivity contribution in [2.75, 3.05) is 29.9 Å². The zero-order valence-electron chi connectivity index (χ0n) is 16.3. The fourth-order valence-corrected chi connectivity index (χ4v) is 4.24. The topological polar surface area (TPSA) is 101 Å². The number of carbonyl (C=O) groups is 1. The molecule has 0 aliphatic heterocycles. The van der Waals surface area contributed by atoms with Gasteiger partial charge in [0.15, 0.2) is 0 Å². The van der Waals surface area contributed by atoms with Crippen molar-refractivity contribution in [2.24, 2.45) is 0 Å². The van der Waals surface area contributed by atoms with Crippen molar-refractivity contribution >= 4 is 49.0 Å². The van der Waals surface area contributed by atoms with Crippen molar-refractivity contribution in [3.8, 4) is 5.75 Å². The van der Waals surface area contributed by atoms with E-state index in [2.05, 4.69) is 15.0 Å². The number of aromatic nitrogens is 1. The van der Waals surface area contributed by atoms with Crippen molar-refractivity contribution in [2.45, 2.75) is 13.5 Å². The summed E-state index contributed by atoms with van der Waals surface area (Å²) in [4.78, 5) is 18.6. The van der Waals surface area contributed by atoms with Gasteiger partial charge in [-0.2, -0.15) is 0 Å². The Labute approximate surface area is 173 Å². The van der Waals surface area contributed by atoms with Crippen molar-refractivity contribution in [3.63, 3.8) is 0 Å². The van der Waals surface area contributed by atoms with Crippen molar-refractivity contribution in [1.82, 2.24) is 9.88 Å². The summed E-state index contributed by atoms with van der Waals surface area (Å²) in [5.74, 6) is 0.263. The van der Waals surface area contributed by atoms with E-state index >= 15 is 0 Å². The van der Waals surface area contributed by atoms with Crippen molar-refractivity contribution in [1.29, 1.82) is 0 Å². The molecule has 0 saturated carbocycles. The predicted molar refractivity (Wildman–Crippen MR) is 116 cm³/mol. The number of hydrogen-bond acceptors (Lipinski definition) is 6. The lowest BCUT2D eigenvalue weighted by molar-refractivity contribution is 0.220. The maximum Gasteiger partial charge on any atom is 0.321 e. The van der Waals surface area contributed by atoms with E-state index in [4.69, 9.17) is 4.74 Å². The van der Waals surface area contributed by atoms with Crippen LogP contribution in [0.25, 0.3) is 10.2 Å². The van der Waals surface area contributed by atoms with Gasteiger partial charge < -0.3 is 15.0 Å². The van der Waals surface area contributed by atoms with Crippen LogP contribution in [0.4, 0.5) is 16.2 Å². The minimum atomic E-state index is -3.43. The van der Waals surface area contributed by atoms with Gasteiger partial charge in [-0.3, -0.25) is 4.72 Å². The van der Waals surface area contributed by atoms with Crippen molar-refractivity contribution < 1.29 is 17.9 Å². The van der Waals surface area contributed by atoms with E-state index < -0.39 is 10.0 Å². The first-order valence-electron chi connectivity index (χ1n) is 8.86. The normalized spacial score (nSPS) is 11.3. The van der Waals surface area contributed by atoms with Crippen LogP contribution in [0.3, 0.4) is 0 Å². The number of thiazole rings is 1. The number of sulfonamides is 1. The van der Waals surface area contributed by atoms with Gasteiger partial charge in [0.2, 0.25) is 10.0 Å². The van der Waals surface area contributed by atoms with Gasteiger partial charge in [0.05, 0.1) is 35.3 Å². The molecular weight excluding hydrogens is 412 g/mol. The van der Waals surface area contributed by atoms with Crippen LogP contribution in [-0.2, 0) is 16.6 Å². The molecule has 2 N–H and O–H groups in total. The van der Waals surface area contributed by atoms with E-state index in [0.29, 0.717) is 23.7 Å². The Hall–Kier alpha value is -2.85. The molecule has 1 heterocycles. The number of fused-ring (bicyclic) bond motifs is 1. The molecule has 1 aromatic heterocycles. The van der Waals surface area contributed by atoms with Crippen LogP contribution in [0.5, 0.6) is 5.75 Å². The number of urea groups is 1. The Bertz CT molecular complexity index is 1100. The first-order chi connectivity index (χ1) is 13.8. The van der Waals surface area contributed by atoms with Crippen LogP contribution >= 0.6 is 11.3 Å². The number of nitrogens with zero attached hydrogens (tertiary/aromatic N) is 2. The lowest BCUT2D eigenvalue weighted by Gasteiger charge is -2.18. The van der Waals surface area contributed by atoms with Gasteiger partial charge in [0.25, 0.3) is 0 Å². The number of hydrogen-bond donors (Lipinski definition) is 2. The third-order valence-corrected chi connectivity index (χ3v) is 6.47. The highest BCUT2D eigenvalue weighted by Crippen LogP contribution is 2.29.